The van der Waals surface area contributed by atoms with E-state index in [1.807, 2.05) is 13.8 Å². The van der Waals surface area contributed by atoms with Gasteiger partial charge in [-0.2, -0.15) is 0 Å². The Kier molecular flexibility index (Phi) is 6.09. The second-order valence-corrected chi connectivity index (χ2v) is 5.76. The van der Waals surface area contributed by atoms with E-state index in [4.69, 9.17) is 0 Å². The fourth-order valence-electron chi connectivity index (χ4n) is 2.34. The SMILES string of the molecule is CCC(C)NC(=O)C(C)NC1CCN(C)C(C)C1. The predicted octanol–water partition coefficient (Wildman–Crippen LogP) is 1.36. The lowest BCUT2D eigenvalue weighted by molar-refractivity contribution is -0.123. The van der Waals surface area contributed by atoms with Crippen LogP contribution in [0.5, 0.6) is 0 Å². The number of amides is 1. The summed E-state index contributed by atoms with van der Waals surface area (Å²) in [6.45, 7) is 9.45. The summed E-state index contributed by atoms with van der Waals surface area (Å²) < 4.78 is 0. The smallest absolute Gasteiger partial charge is 0.237 e. The van der Waals surface area contributed by atoms with E-state index in [0.29, 0.717) is 12.1 Å². The lowest BCUT2D eigenvalue weighted by Gasteiger charge is -2.36. The number of hydrogen-bond acceptors (Lipinski definition) is 3. The molecule has 0 radical (unpaired) electrons. The fourth-order valence-corrected chi connectivity index (χ4v) is 2.34. The largest absolute Gasteiger partial charge is 0.352 e. The quantitative estimate of drug-likeness (QED) is 0.780. The Morgan fingerprint density at radius 3 is 2.67 bits per heavy atom. The first-order chi connectivity index (χ1) is 8.43. The zero-order valence-corrected chi connectivity index (χ0v) is 12.5. The number of carbonyl (C=O) groups is 1. The molecule has 4 heteroatoms. The summed E-state index contributed by atoms with van der Waals surface area (Å²) >= 11 is 0. The van der Waals surface area contributed by atoms with E-state index in [9.17, 15) is 4.79 Å². The van der Waals surface area contributed by atoms with Gasteiger partial charge in [0, 0.05) is 18.1 Å². The van der Waals surface area contributed by atoms with Gasteiger partial charge in [0.25, 0.3) is 0 Å². The van der Waals surface area contributed by atoms with Gasteiger partial charge in [0.2, 0.25) is 5.91 Å². The molecule has 4 atom stereocenters. The highest BCUT2D eigenvalue weighted by atomic mass is 16.2. The molecule has 1 rings (SSSR count). The normalized spacial score (nSPS) is 28.7. The number of carbonyl (C=O) groups excluding carboxylic acids is 1. The van der Waals surface area contributed by atoms with E-state index in [1.54, 1.807) is 0 Å². The van der Waals surface area contributed by atoms with Crippen LogP contribution in [0.3, 0.4) is 0 Å². The molecule has 0 aliphatic carbocycles. The summed E-state index contributed by atoms with van der Waals surface area (Å²) in [5.74, 6) is 0.121. The summed E-state index contributed by atoms with van der Waals surface area (Å²) in [7, 11) is 2.17. The van der Waals surface area contributed by atoms with Crippen LogP contribution >= 0.6 is 0 Å². The molecular formula is C14H29N3O. The summed E-state index contributed by atoms with van der Waals surface area (Å²) in [5.41, 5.74) is 0. The van der Waals surface area contributed by atoms with Crippen LogP contribution in [0.15, 0.2) is 0 Å². The average Bonchev–Trinajstić information content (AvgIpc) is 2.33. The zero-order valence-electron chi connectivity index (χ0n) is 12.5. The number of nitrogens with zero attached hydrogens (tertiary/aromatic N) is 1. The van der Waals surface area contributed by atoms with Gasteiger partial charge < -0.3 is 15.5 Å². The van der Waals surface area contributed by atoms with Gasteiger partial charge in [0.05, 0.1) is 6.04 Å². The topological polar surface area (TPSA) is 44.4 Å². The second kappa shape index (κ2) is 7.10. The Morgan fingerprint density at radius 1 is 1.44 bits per heavy atom. The highest BCUT2D eigenvalue weighted by molar-refractivity contribution is 5.81. The van der Waals surface area contributed by atoms with Crippen LogP contribution in [-0.4, -0.2) is 48.6 Å². The Morgan fingerprint density at radius 2 is 2.11 bits per heavy atom. The summed E-state index contributed by atoms with van der Waals surface area (Å²) in [6, 6.07) is 1.23. The van der Waals surface area contributed by atoms with E-state index >= 15 is 0 Å². The van der Waals surface area contributed by atoms with Gasteiger partial charge in [-0.3, -0.25) is 4.79 Å². The molecule has 1 saturated heterocycles. The number of nitrogens with one attached hydrogen (secondary N) is 2. The third kappa shape index (κ3) is 4.58. The van der Waals surface area contributed by atoms with Crippen molar-refractivity contribution in [1.29, 1.82) is 0 Å². The summed E-state index contributed by atoms with van der Waals surface area (Å²) in [4.78, 5) is 14.3. The first kappa shape index (κ1) is 15.4. The standard InChI is InChI=1S/C14H29N3O/c1-6-10(2)15-14(18)12(4)16-13-7-8-17(5)11(3)9-13/h10-13,16H,6-9H2,1-5H3,(H,15,18). The first-order valence-electron chi connectivity index (χ1n) is 7.20. The second-order valence-electron chi connectivity index (χ2n) is 5.76. The van der Waals surface area contributed by atoms with Crippen molar-refractivity contribution in [2.75, 3.05) is 13.6 Å². The summed E-state index contributed by atoms with van der Waals surface area (Å²) in [6.07, 6.45) is 3.23. The van der Waals surface area contributed by atoms with Crippen LogP contribution in [-0.2, 0) is 4.79 Å². The van der Waals surface area contributed by atoms with Crippen molar-refractivity contribution in [2.45, 2.75) is 71.1 Å². The molecule has 0 aromatic heterocycles. The zero-order chi connectivity index (χ0) is 13.7. The fraction of sp³-hybridized carbons (Fsp3) is 0.929. The molecule has 106 valence electrons. The highest BCUT2D eigenvalue weighted by Gasteiger charge is 2.25. The number of rotatable bonds is 5. The van der Waals surface area contributed by atoms with Crippen molar-refractivity contribution in [2.24, 2.45) is 0 Å². The van der Waals surface area contributed by atoms with Crippen LogP contribution in [0.4, 0.5) is 0 Å². The average molecular weight is 255 g/mol. The number of piperidine rings is 1. The van der Waals surface area contributed by atoms with E-state index < -0.39 is 0 Å². The van der Waals surface area contributed by atoms with Crippen molar-refractivity contribution in [3.05, 3.63) is 0 Å². The highest BCUT2D eigenvalue weighted by Crippen LogP contribution is 2.15. The molecular weight excluding hydrogens is 226 g/mol. The van der Waals surface area contributed by atoms with Crippen molar-refractivity contribution < 1.29 is 4.79 Å². The molecule has 1 aliphatic rings. The molecule has 0 aromatic carbocycles. The Bertz CT molecular complexity index is 270. The predicted molar refractivity (Wildman–Crippen MR) is 75.6 cm³/mol. The minimum absolute atomic E-state index is 0.0976. The molecule has 0 saturated carbocycles. The molecule has 4 nitrogen and oxygen atoms in total. The minimum atomic E-state index is -0.0976. The Hall–Kier alpha value is -0.610. The van der Waals surface area contributed by atoms with Crippen LogP contribution in [0.2, 0.25) is 0 Å². The summed E-state index contributed by atoms with van der Waals surface area (Å²) in [5, 5.41) is 6.49. The Balaban J connectivity index is 2.35. The number of likely N-dealkylation sites (tertiary alicyclic amines) is 1. The molecule has 1 fully saturated rings. The third-order valence-electron chi connectivity index (χ3n) is 4.09. The maximum absolute atomic E-state index is 11.9. The molecule has 0 aromatic rings. The van der Waals surface area contributed by atoms with Crippen LogP contribution in [0, 0.1) is 0 Å². The molecule has 4 unspecified atom stereocenters. The Labute approximate surface area is 111 Å². The monoisotopic (exact) mass is 255 g/mol. The minimum Gasteiger partial charge on any atom is -0.352 e. The van der Waals surface area contributed by atoms with E-state index in [1.165, 1.54) is 0 Å². The molecule has 0 spiro atoms. The van der Waals surface area contributed by atoms with Crippen LogP contribution in [0.25, 0.3) is 0 Å². The van der Waals surface area contributed by atoms with E-state index in [-0.39, 0.29) is 18.0 Å². The van der Waals surface area contributed by atoms with Crippen LogP contribution in [0.1, 0.15) is 47.0 Å². The van der Waals surface area contributed by atoms with Crippen molar-refractivity contribution in [3.63, 3.8) is 0 Å². The maximum atomic E-state index is 11.9. The van der Waals surface area contributed by atoms with Crippen molar-refractivity contribution in [3.8, 4) is 0 Å². The molecule has 18 heavy (non-hydrogen) atoms. The molecule has 0 bridgehead atoms. The van der Waals surface area contributed by atoms with Crippen molar-refractivity contribution in [1.82, 2.24) is 15.5 Å². The van der Waals surface area contributed by atoms with Gasteiger partial charge in [-0.05, 0) is 53.6 Å². The maximum Gasteiger partial charge on any atom is 0.237 e. The van der Waals surface area contributed by atoms with E-state index in [0.717, 1.165) is 25.8 Å². The van der Waals surface area contributed by atoms with Gasteiger partial charge >= 0.3 is 0 Å². The van der Waals surface area contributed by atoms with Gasteiger partial charge in [-0.1, -0.05) is 6.92 Å². The van der Waals surface area contributed by atoms with Crippen molar-refractivity contribution >= 4 is 5.91 Å². The molecule has 2 N–H and O–H groups in total. The van der Waals surface area contributed by atoms with Gasteiger partial charge in [-0.25, -0.2) is 0 Å². The molecule has 1 heterocycles. The number of hydrogen-bond donors (Lipinski definition) is 2. The molecule has 1 aliphatic heterocycles. The van der Waals surface area contributed by atoms with Gasteiger partial charge in [-0.15, -0.1) is 0 Å². The van der Waals surface area contributed by atoms with Gasteiger partial charge in [0.1, 0.15) is 0 Å². The molecule has 1 amide bonds. The third-order valence-corrected chi connectivity index (χ3v) is 4.09. The lowest BCUT2D eigenvalue weighted by Crippen LogP contribution is -2.52. The van der Waals surface area contributed by atoms with Crippen LogP contribution < -0.4 is 10.6 Å². The van der Waals surface area contributed by atoms with Gasteiger partial charge in [0.15, 0.2) is 0 Å². The lowest BCUT2D eigenvalue weighted by atomic mass is 9.98. The first-order valence-corrected chi connectivity index (χ1v) is 7.20. The van der Waals surface area contributed by atoms with E-state index in [2.05, 4.69) is 36.4 Å².